The topological polar surface area (TPSA) is 55.4 Å². The molecule has 6 aromatic rings. The molecule has 60 heavy (non-hydrogen) atoms. The van der Waals surface area contributed by atoms with Crippen molar-refractivity contribution in [2.75, 3.05) is 26.4 Å². The Labute approximate surface area is 355 Å². The first-order valence-corrected chi connectivity index (χ1v) is 22.1. The Bertz CT molecular complexity index is 2340. The number of hydrogen-bond donors (Lipinski definition) is 0. The summed E-state index contributed by atoms with van der Waals surface area (Å²) in [6.07, 6.45) is 6.00. The molecule has 8 bridgehead atoms. The maximum Gasteiger partial charge on any atom is 0.128 e. The van der Waals surface area contributed by atoms with E-state index >= 15 is 0 Å². The van der Waals surface area contributed by atoms with Gasteiger partial charge in [-0.1, -0.05) is 113 Å². The largest absolute Gasteiger partial charge is 0.493 e. The molecule has 6 nitrogen and oxygen atoms in total. The van der Waals surface area contributed by atoms with Gasteiger partial charge in [0.05, 0.1) is 26.4 Å². The molecule has 1 aliphatic carbocycles. The highest BCUT2D eigenvalue weighted by Crippen LogP contribution is 2.51. The van der Waals surface area contributed by atoms with Crippen molar-refractivity contribution in [1.29, 1.82) is 0 Å². The lowest BCUT2D eigenvalue weighted by atomic mass is 9.84. The van der Waals surface area contributed by atoms with Crippen LogP contribution in [0.15, 0.2) is 97.1 Å². The van der Waals surface area contributed by atoms with Crippen LogP contribution in [0.4, 0.5) is 0 Å². The summed E-state index contributed by atoms with van der Waals surface area (Å²) < 4.78 is 41.0. The summed E-state index contributed by atoms with van der Waals surface area (Å²) in [5.41, 5.74) is 15.8. The van der Waals surface area contributed by atoms with Crippen molar-refractivity contribution in [3.05, 3.63) is 153 Å². The van der Waals surface area contributed by atoms with E-state index in [4.69, 9.17) is 28.4 Å². The second-order valence-electron chi connectivity index (χ2n) is 16.2. The van der Waals surface area contributed by atoms with E-state index in [9.17, 15) is 0 Å². The summed E-state index contributed by atoms with van der Waals surface area (Å²) in [5.74, 6) is 5.46. The van der Waals surface area contributed by atoms with Gasteiger partial charge in [-0.3, -0.25) is 0 Å². The molecule has 0 saturated heterocycles. The van der Waals surface area contributed by atoms with Crippen LogP contribution < -0.4 is 28.4 Å². The molecule has 308 valence electrons. The Morgan fingerprint density at radius 2 is 0.733 bits per heavy atom. The van der Waals surface area contributed by atoms with Crippen LogP contribution >= 0.6 is 0 Å². The fraction of sp³-hybridized carbons (Fsp3) is 0.333. The van der Waals surface area contributed by atoms with Crippen LogP contribution in [0.25, 0.3) is 22.3 Å². The van der Waals surface area contributed by atoms with Crippen molar-refractivity contribution in [2.45, 2.75) is 92.3 Å². The minimum atomic E-state index is 0.523. The second kappa shape index (κ2) is 17.8. The van der Waals surface area contributed by atoms with Crippen LogP contribution in [0.5, 0.6) is 34.5 Å². The van der Waals surface area contributed by atoms with Crippen LogP contribution in [0.2, 0.25) is 0 Å². The first-order chi connectivity index (χ1) is 29.6. The first-order valence-electron chi connectivity index (χ1n) is 22.1. The first kappa shape index (κ1) is 39.6. The average Bonchev–Trinajstić information content (AvgIpc) is 3.27. The third-order valence-corrected chi connectivity index (χ3v) is 11.8. The molecule has 0 radical (unpaired) electrons. The SMILES string of the molecule is CCCOc1c2cccc1Cc1c(OCCC)c(cc3c1-c1ccccc1CO3)Cc1cccc(c1OCCC)Cc1c(OCCC)c(cc3c1-c1ccccc1CO3)C2. The summed E-state index contributed by atoms with van der Waals surface area (Å²) in [6.45, 7) is 12.1. The molecule has 0 amide bonds. The Morgan fingerprint density at radius 1 is 0.383 bits per heavy atom. The highest BCUT2D eigenvalue weighted by Gasteiger charge is 2.31. The van der Waals surface area contributed by atoms with Gasteiger partial charge in [-0.15, -0.1) is 0 Å². The monoisotopic (exact) mass is 800 g/mol. The lowest BCUT2D eigenvalue weighted by Gasteiger charge is -2.29. The molecule has 0 spiro atoms. The molecule has 2 heterocycles. The van der Waals surface area contributed by atoms with Gasteiger partial charge in [-0.25, -0.2) is 0 Å². The molecule has 0 N–H and O–H groups in total. The lowest BCUT2D eigenvalue weighted by Crippen LogP contribution is -2.14. The van der Waals surface area contributed by atoms with E-state index in [1.165, 1.54) is 22.3 Å². The number of benzene rings is 6. The number of rotatable bonds is 12. The fourth-order valence-electron chi connectivity index (χ4n) is 9.18. The summed E-state index contributed by atoms with van der Waals surface area (Å²) >= 11 is 0. The van der Waals surface area contributed by atoms with Crippen LogP contribution in [0.3, 0.4) is 0 Å². The Morgan fingerprint density at radius 3 is 1.13 bits per heavy atom. The maximum atomic E-state index is 6.94. The van der Waals surface area contributed by atoms with E-state index in [-0.39, 0.29) is 0 Å². The van der Waals surface area contributed by atoms with Gasteiger partial charge in [0.15, 0.2) is 0 Å². The molecule has 0 saturated carbocycles. The lowest BCUT2D eigenvalue weighted by molar-refractivity contribution is 0.293. The summed E-state index contributed by atoms with van der Waals surface area (Å²) in [6, 6.07) is 35.0. The number of para-hydroxylation sites is 2. The molecule has 6 heteroatoms. The molecule has 0 aromatic heterocycles. The molecule has 0 fully saturated rings. The van der Waals surface area contributed by atoms with Crippen LogP contribution in [0, 0.1) is 0 Å². The maximum absolute atomic E-state index is 6.94. The van der Waals surface area contributed by atoms with Crippen molar-refractivity contribution in [2.24, 2.45) is 0 Å². The Hall–Kier alpha value is -5.88. The van der Waals surface area contributed by atoms with Gasteiger partial charge in [-0.05, 0) is 82.3 Å². The van der Waals surface area contributed by atoms with Crippen molar-refractivity contribution in [1.82, 2.24) is 0 Å². The summed E-state index contributed by atoms with van der Waals surface area (Å²) in [4.78, 5) is 0. The molecule has 0 unspecified atom stereocenters. The molecule has 6 aromatic carbocycles. The zero-order valence-corrected chi connectivity index (χ0v) is 35.6. The van der Waals surface area contributed by atoms with Gasteiger partial charge in [0, 0.05) is 59.1 Å². The summed E-state index contributed by atoms with van der Waals surface area (Å²) in [7, 11) is 0. The standard InChI is InChI=1S/C54H56O6/c1-5-23-55-51-35-17-13-19-37(51)29-45-49-43-21-11-9-15-39(43)33-60-48(49)32-42(54(45)58-26-8-4)28-36-18-14-20-38(52(36)56-24-6-2)30-46-50-44-22-12-10-16-40(44)34-59-47(50)31-41(27-35)53(46)57-25-7-3/h9-22,31-32H,5-8,23-30,33-34H2,1-4H3. The normalized spacial score (nSPS) is 13.4. The molecule has 3 aliphatic rings. The highest BCUT2D eigenvalue weighted by atomic mass is 16.5. The van der Waals surface area contributed by atoms with Crippen molar-refractivity contribution >= 4 is 0 Å². The van der Waals surface area contributed by atoms with Crippen LogP contribution in [0.1, 0.15) is 109 Å². The van der Waals surface area contributed by atoms with E-state index in [1.807, 2.05) is 0 Å². The molecule has 2 aliphatic heterocycles. The van der Waals surface area contributed by atoms with Gasteiger partial charge < -0.3 is 28.4 Å². The zero-order chi connectivity index (χ0) is 41.0. The third-order valence-electron chi connectivity index (χ3n) is 11.8. The zero-order valence-electron chi connectivity index (χ0n) is 35.6. The predicted molar refractivity (Wildman–Crippen MR) is 240 cm³/mol. The van der Waals surface area contributed by atoms with Crippen molar-refractivity contribution in [3.8, 4) is 56.8 Å². The third kappa shape index (κ3) is 7.57. The minimum Gasteiger partial charge on any atom is -0.493 e. The smallest absolute Gasteiger partial charge is 0.128 e. The molecular formula is C54H56O6. The Balaban J connectivity index is 1.35. The van der Waals surface area contributed by atoms with Gasteiger partial charge in [0.1, 0.15) is 47.7 Å². The van der Waals surface area contributed by atoms with Crippen LogP contribution in [-0.2, 0) is 38.9 Å². The Kier molecular flexibility index (Phi) is 11.7. The predicted octanol–water partition coefficient (Wildman–Crippen LogP) is 12.6. The molecular weight excluding hydrogens is 745 g/mol. The van der Waals surface area contributed by atoms with E-state index in [0.29, 0.717) is 65.3 Å². The van der Waals surface area contributed by atoms with Crippen molar-refractivity contribution in [3.63, 3.8) is 0 Å². The quantitative estimate of drug-likeness (QED) is 0.123. The molecule has 9 rings (SSSR count). The van der Waals surface area contributed by atoms with Crippen molar-refractivity contribution < 1.29 is 28.4 Å². The number of hydrogen-bond acceptors (Lipinski definition) is 6. The van der Waals surface area contributed by atoms with Crippen LogP contribution in [-0.4, -0.2) is 26.4 Å². The van der Waals surface area contributed by atoms with E-state index in [1.54, 1.807) is 0 Å². The molecule has 0 atom stereocenters. The highest BCUT2D eigenvalue weighted by molar-refractivity contribution is 5.83. The van der Waals surface area contributed by atoms with Gasteiger partial charge in [-0.2, -0.15) is 0 Å². The van der Waals surface area contributed by atoms with E-state index < -0.39 is 0 Å². The minimum absolute atomic E-state index is 0.523. The average molecular weight is 801 g/mol. The fourth-order valence-corrected chi connectivity index (χ4v) is 9.18. The number of fused-ring (bicyclic) bond motifs is 16. The second-order valence-corrected chi connectivity index (χ2v) is 16.2. The van der Waals surface area contributed by atoms with Gasteiger partial charge >= 0.3 is 0 Å². The van der Waals surface area contributed by atoms with E-state index in [0.717, 1.165) is 116 Å². The van der Waals surface area contributed by atoms with Gasteiger partial charge in [0.25, 0.3) is 0 Å². The number of ether oxygens (including phenoxy) is 6. The van der Waals surface area contributed by atoms with Gasteiger partial charge in [0.2, 0.25) is 0 Å². The van der Waals surface area contributed by atoms with E-state index in [2.05, 4.69) is 125 Å². The summed E-state index contributed by atoms with van der Waals surface area (Å²) in [5, 5.41) is 0.